The summed E-state index contributed by atoms with van der Waals surface area (Å²) in [5, 5.41) is 0.900. The van der Waals surface area contributed by atoms with E-state index < -0.39 is 0 Å². The number of imidazole rings is 1. The Balaban J connectivity index is 1.58. The number of halogens is 1. The van der Waals surface area contributed by atoms with Crippen LogP contribution >= 0.6 is 22.9 Å². The SMILES string of the molecule is C[C@@H]1CCN(C(=O)c2ccc(Cl)s2)C[C@@H]1n1c(=O)[nH]c2cnc3[nH]ccc3c21. The number of piperidine rings is 1. The van der Waals surface area contributed by atoms with Crippen LogP contribution in [0.5, 0.6) is 0 Å². The molecule has 7 nitrogen and oxygen atoms in total. The Bertz CT molecular complexity index is 1250. The molecule has 1 aliphatic heterocycles. The number of thiophene rings is 1. The van der Waals surface area contributed by atoms with Crippen molar-refractivity contribution in [1.82, 2.24) is 24.4 Å². The Morgan fingerprint density at radius 1 is 1.36 bits per heavy atom. The van der Waals surface area contributed by atoms with E-state index in [1.807, 2.05) is 17.2 Å². The van der Waals surface area contributed by atoms with Gasteiger partial charge in [0, 0.05) is 24.7 Å². The summed E-state index contributed by atoms with van der Waals surface area (Å²) < 4.78 is 2.40. The largest absolute Gasteiger partial charge is 0.346 e. The molecule has 1 fully saturated rings. The van der Waals surface area contributed by atoms with Crippen molar-refractivity contribution >= 4 is 50.9 Å². The highest BCUT2D eigenvalue weighted by Crippen LogP contribution is 2.33. The van der Waals surface area contributed by atoms with Crippen LogP contribution in [0.3, 0.4) is 0 Å². The summed E-state index contributed by atoms with van der Waals surface area (Å²) in [5.74, 6) is 0.227. The number of fused-ring (bicyclic) bond motifs is 3. The highest BCUT2D eigenvalue weighted by Gasteiger charge is 2.33. The first kappa shape index (κ1) is 17.5. The molecule has 5 heterocycles. The molecule has 0 saturated carbocycles. The number of carbonyl (C=O) groups is 1. The topological polar surface area (TPSA) is 86.8 Å². The van der Waals surface area contributed by atoms with Crippen LogP contribution in [0.4, 0.5) is 0 Å². The molecule has 1 saturated heterocycles. The van der Waals surface area contributed by atoms with Gasteiger partial charge in [0.1, 0.15) is 5.65 Å². The van der Waals surface area contributed by atoms with Gasteiger partial charge in [-0.3, -0.25) is 9.36 Å². The van der Waals surface area contributed by atoms with Gasteiger partial charge >= 0.3 is 5.69 Å². The molecular formula is C19H18ClN5O2S. The molecule has 0 spiro atoms. The predicted octanol–water partition coefficient (Wildman–Crippen LogP) is 3.64. The lowest BCUT2D eigenvalue weighted by Gasteiger charge is -2.37. The van der Waals surface area contributed by atoms with E-state index in [-0.39, 0.29) is 23.6 Å². The van der Waals surface area contributed by atoms with E-state index in [0.29, 0.717) is 27.8 Å². The Morgan fingerprint density at radius 3 is 3.00 bits per heavy atom. The van der Waals surface area contributed by atoms with E-state index in [4.69, 9.17) is 11.6 Å². The molecule has 1 amide bonds. The monoisotopic (exact) mass is 415 g/mol. The smallest absolute Gasteiger partial charge is 0.326 e. The van der Waals surface area contributed by atoms with Gasteiger partial charge in [-0.15, -0.1) is 11.3 Å². The van der Waals surface area contributed by atoms with Crippen molar-refractivity contribution < 1.29 is 4.79 Å². The Kier molecular flexibility index (Phi) is 4.06. The molecule has 144 valence electrons. The molecule has 5 rings (SSSR count). The number of hydrogen-bond acceptors (Lipinski definition) is 4. The third-order valence-electron chi connectivity index (χ3n) is 5.58. The second kappa shape index (κ2) is 6.49. The van der Waals surface area contributed by atoms with Gasteiger partial charge in [-0.05, 0) is 30.5 Å². The standard InChI is InChI=1S/C19H18ClN5O2S/c1-10-5-7-24(18(26)14-2-3-15(20)28-14)9-13(10)25-16-11-4-6-21-17(11)22-8-12(16)23-19(25)27/h2-4,6,8,10,13H,5,7,9H2,1H3,(H,21,22)(H,23,27)/t10-,13+/m1/s1. The number of rotatable bonds is 2. The second-order valence-corrected chi connectivity index (χ2v) is 8.96. The van der Waals surface area contributed by atoms with Gasteiger partial charge in [0.25, 0.3) is 5.91 Å². The maximum Gasteiger partial charge on any atom is 0.326 e. The van der Waals surface area contributed by atoms with Crippen molar-refractivity contribution in [2.75, 3.05) is 13.1 Å². The van der Waals surface area contributed by atoms with Crippen LogP contribution < -0.4 is 5.69 Å². The van der Waals surface area contributed by atoms with Gasteiger partial charge in [0.05, 0.1) is 32.5 Å². The zero-order valence-corrected chi connectivity index (χ0v) is 16.7. The highest BCUT2D eigenvalue weighted by molar-refractivity contribution is 7.17. The van der Waals surface area contributed by atoms with E-state index in [1.54, 1.807) is 22.9 Å². The quantitative estimate of drug-likeness (QED) is 0.524. The average molecular weight is 416 g/mol. The summed E-state index contributed by atoms with van der Waals surface area (Å²) in [6.07, 6.45) is 4.33. The first-order valence-corrected chi connectivity index (χ1v) is 10.3. The summed E-state index contributed by atoms with van der Waals surface area (Å²) in [5.41, 5.74) is 2.11. The summed E-state index contributed by atoms with van der Waals surface area (Å²) >= 11 is 7.28. The number of amides is 1. The van der Waals surface area contributed by atoms with Crippen molar-refractivity contribution in [3.05, 3.63) is 50.3 Å². The van der Waals surface area contributed by atoms with Crippen LogP contribution in [0.25, 0.3) is 22.1 Å². The number of aromatic nitrogens is 4. The lowest BCUT2D eigenvalue weighted by Crippen LogP contribution is -2.45. The molecule has 4 aromatic rings. The van der Waals surface area contributed by atoms with Crippen molar-refractivity contribution in [1.29, 1.82) is 0 Å². The van der Waals surface area contributed by atoms with Crippen molar-refractivity contribution in [2.45, 2.75) is 19.4 Å². The molecule has 4 aromatic heterocycles. The van der Waals surface area contributed by atoms with Gasteiger partial charge in [-0.25, -0.2) is 9.78 Å². The molecule has 0 radical (unpaired) electrons. The Morgan fingerprint density at radius 2 is 2.21 bits per heavy atom. The predicted molar refractivity (Wildman–Crippen MR) is 110 cm³/mol. The normalized spacial score (nSPS) is 20.3. The number of likely N-dealkylation sites (tertiary alicyclic amines) is 1. The minimum atomic E-state index is -0.171. The Hall–Kier alpha value is -2.58. The fourth-order valence-electron chi connectivity index (χ4n) is 4.09. The zero-order chi connectivity index (χ0) is 19.4. The highest BCUT2D eigenvalue weighted by atomic mass is 35.5. The zero-order valence-electron chi connectivity index (χ0n) is 15.1. The molecule has 1 aliphatic rings. The maximum absolute atomic E-state index is 12.9. The molecule has 0 aliphatic carbocycles. The molecule has 0 bridgehead atoms. The van der Waals surface area contributed by atoms with Gasteiger partial charge in [0.15, 0.2) is 0 Å². The van der Waals surface area contributed by atoms with Crippen molar-refractivity contribution in [3.8, 4) is 0 Å². The minimum Gasteiger partial charge on any atom is -0.346 e. The lowest BCUT2D eigenvalue weighted by molar-refractivity contribution is 0.0627. The lowest BCUT2D eigenvalue weighted by atomic mass is 9.93. The molecule has 28 heavy (non-hydrogen) atoms. The summed E-state index contributed by atoms with van der Waals surface area (Å²) in [7, 11) is 0. The molecule has 0 aromatic carbocycles. The van der Waals surface area contributed by atoms with Gasteiger partial charge in [0.2, 0.25) is 0 Å². The van der Waals surface area contributed by atoms with Crippen LogP contribution in [-0.4, -0.2) is 43.4 Å². The first-order valence-electron chi connectivity index (χ1n) is 9.14. The minimum absolute atomic E-state index is 0.0323. The Labute approximate surface area is 168 Å². The molecule has 9 heteroatoms. The van der Waals surface area contributed by atoms with E-state index >= 15 is 0 Å². The van der Waals surface area contributed by atoms with Crippen molar-refractivity contribution in [2.24, 2.45) is 5.92 Å². The van der Waals surface area contributed by atoms with Gasteiger partial charge in [-0.2, -0.15) is 0 Å². The number of nitrogens with one attached hydrogen (secondary N) is 2. The summed E-state index contributed by atoms with van der Waals surface area (Å²) in [6.45, 7) is 3.29. The van der Waals surface area contributed by atoms with E-state index in [2.05, 4.69) is 21.9 Å². The van der Waals surface area contributed by atoms with Crippen LogP contribution in [0.2, 0.25) is 4.34 Å². The van der Waals surface area contributed by atoms with Crippen LogP contribution in [0, 0.1) is 5.92 Å². The first-order chi connectivity index (χ1) is 13.5. The van der Waals surface area contributed by atoms with Crippen LogP contribution in [-0.2, 0) is 0 Å². The summed E-state index contributed by atoms with van der Waals surface area (Å²) in [4.78, 5) is 38.6. The summed E-state index contributed by atoms with van der Waals surface area (Å²) in [6, 6.07) is 5.31. The third kappa shape index (κ3) is 2.67. The molecule has 2 atom stereocenters. The number of pyridine rings is 1. The molecule has 2 N–H and O–H groups in total. The van der Waals surface area contributed by atoms with E-state index in [0.717, 1.165) is 23.0 Å². The fourth-order valence-corrected chi connectivity index (χ4v) is 5.10. The van der Waals surface area contributed by atoms with E-state index in [9.17, 15) is 9.59 Å². The van der Waals surface area contributed by atoms with Crippen molar-refractivity contribution in [3.63, 3.8) is 0 Å². The number of hydrogen-bond donors (Lipinski definition) is 2. The number of H-pyrrole nitrogens is 2. The number of aromatic amines is 2. The number of carbonyl (C=O) groups excluding carboxylic acids is 1. The van der Waals surface area contributed by atoms with Gasteiger partial charge < -0.3 is 14.9 Å². The van der Waals surface area contributed by atoms with Gasteiger partial charge in [-0.1, -0.05) is 18.5 Å². The van der Waals surface area contributed by atoms with Crippen LogP contribution in [0.15, 0.2) is 35.4 Å². The average Bonchev–Trinajstić information content (AvgIpc) is 3.39. The third-order valence-corrected chi connectivity index (χ3v) is 6.80. The molecular weight excluding hydrogens is 398 g/mol. The maximum atomic E-state index is 12.9. The fraction of sp³-hybridized carbons (Fsp3) is 0.316. The van der Waals surface area contributed by atoms with Crippen LogP contribution in [0.1, 0.15) is 29.1 Å². The van der Waals surface area contributed by atoms with E-state index in [1.165, 1.54) is 11.3 Å². The number of nitrogens with zero attached hydrogens (tertiary/aromatic N) is 3. The second-order valence-electron chi connectivity index (χ2n) is 7.25. The molecule has 0 unspecified atom stereocenters.